The first-order valence-electron chi connectivity index (χ1n) is 7.36. The van der Waals surface area contributed by atoms with Crippen molar-refractivity contribution in [2.45, 2.75) is 17.7 Å². The molecule has 0 aliphatic carbocycles. The summed E-state index contributed by atoms with van der Waals surface area (Å²) < 4.78 is 50.0. The first kappa shape index (κ1) is 17.3. The van der Waals surface area contributed by atoms with Crippen molar-refractivity contribution in [3.05, 3.63) is 30.1 Å². The van der Waals surface area contributed by atoms with E-state index < -0.39 is 15.8 Å². The molecule has 0 atom stereocenters. The molecule has 0 spiro atoms. The van der Waals surface area contributed by atoms with Crippen molar-refractivity contribution >= 4 is 10.0 Å². The van der Waals surface area contributed by atoms with E-state index in [1.165, 1.54) is 22.5 Å². The lowest BCUT2D eigenvalue weighted by atomic mass is 9.99. The summed E-state index contributed by atoms with van der Waals surface area (Å²) in [6.07, 6.45) is 1.50. The summed E-state index contributed by atoms with van der Waals surface area (Å²) in [5.41, 5.74) is 0. The number of ether oxygens (including phenoxy) is 2. The first-order valence-corrected chi connectivity index (χ1v) is 8.80. The standard InChI is InChI=1S/C15H22FNO4S/c1-20-9-10-21-12-13-5-7-17(8-6-13)22(18,19)15-4-2-3-14(16)11-15/h2-4,11,13H,5-10,12H2,1H3. The van der Waals surface area contributed by atoms with Gasteiger partial charge in [-0.05, 0) is 37.0 Å². The van der Waals surface area contributed by atoms with Gasteiger partial charge in [0, 0.05) is 26.8 Å². The minimum atomic E-state index is -3.60. The van der Waals surface area contributed by atoms with Crippen molar-refractivity contribution in [3.63, 3.8) is 0 Å². The van der Waals surface area contributed by atoms with Crippen molar-refractivity contribution in [2.75, 3.05) is 40.0 Å². The van der Waals surface area contributed by atoms with Crippen LogP contribution in [0, 0.1) is 11.7 Å². The number of hydrogen-bond acceptors (Lipinski definition) is 4. The van der Waals surface area contributed by atoms with Crippen molar-refractivity contribution in [1.29, 1.82) is 0 Å². The van der Waals surface area contributed by atoms with Gasteiger partial charge in [0.25, 0.3) is 0 Å². The van der Waals surface area contributed by atoms with E-state index in [1.807, 2.05) is 0 Å². The second-order valence-electron chi connectivity index (χ2n) is 5.37. The van der Waals surface area contributed by atoms with Gasteiger partial charge in [0.2, 0.25) is 10.0 Å². The Bertz CT molecular complexity index is 571. The van der Waals surface area contributed by atoms with Crippen LogP contribution in [0.1, 0.15) is 12.8 Å². The first-order chi connectivity index (χ1) is 10.5. The maximum Gasteiger partial charge on any atom is 0.243 e. The maximum atomic E-state index is 13.2. The van der Waals surface area contributed by atoms with Crippen molar-refractivity contribution in [2.24, 2.45) is 5.92 Å². The summed E-state index contributed by atoms with van der Waals surface area (Å²) in [4.78, 5) is 0.0160. The van der Waals surface area contributed by atoms with Gasteiger partial charge in [0.05, 0.1) is 18.1 Å². The number of benzene rings is 1. The lowest BCUT2D eigenvalue weighted by molar-refractivity contribution is 0.0410. The van der Waals surface area contributed by atoms with E-state index in [2.05, 4.69) is 0 Å². The van der Waals surface area contributed by atoms with E-state index in [9.17, 15) is 12.8 Å². The maximum absolute atomic E-state index is 13.2. The number of hydrogen-bond donors (Lipinski definition) is 0. The third kappa shape index (κ3) is 4.49. The highest BCUT2D eigenvalue weighted by Gasteiger charge is 2.29. The van der Waals surface area contributed by atoms with E-state index in [-0.39, 0.29) is 4.90 Å². The molecule has 0 N–H and O–H groups in total. The zero-order valence-electron chi connectivity index (χ0n) is 12.7. The van der Waals surface area contributed by atoms with E-state index in [1.54, 1.807) is 7.11 Å². The van der Waals surface area contributed by atoms with Crippen molar-refractivity contribution in [1.82, 2.24) is 4.31 Å². The molecule has 1 aromatic rings. The molecule has 1 aliphatic rings. The van der Waals surface area contributed by atoms with Gasteiger partial charge in [0.15, 0.2) is 0 Å². The van der Waals surface area contributed by atoms with Crippen LogP contribution >= 0.6 is 0 Å². The third-order valence-electron chi connectivity index (χ3n) is 3.79. The molecule has 0 saturated carbocycles. The van der Waals surface area contributed by atoms with Gasteiger partial charge in [-0.2, -0.15) is 4.31 Å². The number of rotatable bonds is 7. The van der Waals surface area contributed by atoms with Crippen LogP contribution in [0.3, 0.4) is 0 Å². The van der Waals surface area contributed by atoms with E-state index in [4.69, 9.17) is 9.47 Å². The Morgan fingerprint density at radius 3 is 2.64 bits per heavy atom. The molecule has 1 heterocycles. The Morgan fingerprint density at radius 1 is 1.27 bits per heavy atom. The zero-order valence-corrected chi connectivity index (χ0v) is 13.5. The average Bonchev–Trinajstić information content (AvgIpc) is 2.52. The Hall–Kier alpha value is -1.02. The molecule has 0 radical (unpaired) electrons. The number of methoxy groups -OCH3 is 1. The number of sulfonamides is 1. The second-order valence-corrected chi connectivity index (χ2v) is 7.31. The van der Waals surface area contributed by atoms with Gasteiger partial charge < -0.3 is 9.47 Å². The molecule has 0 aromatic heterocycles. The highest BCUT2D eigenvalue weighted by molar-refractivity contribution is 7.89. The summed E-state index contributed by atoms with van der Waals surface area (Å²) in [6.45, 7) is 2.62. The Balaban J connectivity index is 1.88. The van der Waals surface area contributed by atoms with Crippen molar-refractivity contribution in [3.8, 4) is 0 Å². The van der Waals surface area contributed by atoms with Gasteiger partial charge in [-0.25, -0.2) is 12.8 Å². The van der Waals surface area contributed by atoms with E-state index >= 15 is 0 Å². The highest BCUT2D eigenvalue weighted by atomic mass is 32.2. The topological polar surface area (TPSA) is 55.8 Å². The summed E-state index contributed by atoms with van der Waals surface area (Å²) in [5, 5.41) is 0. The largest absolute Gasteiger partial charge is 0.382 e. The monoisotopic (exact) mass is 331 g/mol. The van der Waals surface area contributed by atoms with Crippen LogP contribution in [0.15, 0.2) is 29.2 Å². The van der Waals surface area contributed by atoms with E-state index in [0.717, 1.165) is 18.9 Å². The molecule has 0 amide bonds. The molecule has 1 aromatic carbocycles. The molecule has 1 fully saturated rings. The lowest BCUT2D eigenvalue weighted by Gasteiger charge is -2.31. The third-order valence-corrected chi connectivity index (χ3v) is 5.69. The number of nitrogens with zero attached hydrogens (tertiary/aromatic N) is 1. The fourth-order valence-electron chi connectivity index (χ4n) is 2.49. The molecule has 1 saturated heterocycles. The van der Waals surface area contributed by atoms with Crippen LogP contribution in [-0.4, -0.2) is 52.7 Å². The Kier molecular flexibility index (Phi) is 6.31. The Morgan fingerprint density at radius 2 is 2.00 bits per heavy atom. The number of piperidine rings is 1. The fourth-order valence-corrected chi connectivity index (χ4v) is 3.99. The predicted molar refractivity (Wildman–Crippen MR) is 80.6 cm³/mol. The van der Waals surface area contributed by atoms with Gasteiger partial charge in [-0.1, -0.05) is 6.07 Å². The lowest BCUT2D eigenvalue weighted by Crippen LogP contribution is -2.39. The molecule has 124 valence electrons. The number of halogens is 1. The smallest absolute Gasteiger partial charge is 0.243 e. The summed E-state index contributed by atoms with van der Waals surface area (Å²) in [7, 11) is -1.98. The van der Waals surface area contributed by atoms with E-state index in [0.29, 0.717) is 38.8 Å². The molecule has 0 unspecified atom stereocenters. The summed E-state index contributed by atoms with van der Waals surface area (Å²) in [6, 6.07) is 5.15. The molecule has 0 bridgehead atoms. The molecule has 2 rings (SSSR count). The quantitative estimate of drug-likeness (QED) is 0.716. The zero-order chi connectivity index (χ0) is 16.0. The predicted octanol–water partition coefficient (Wildman–Crippen LogP) is 1.89. The highest BCUT2D eigenvalue weighted by Crippen LogP contribution is 2.24. The van der Waals surface area contributed by atoms with Gasteiger partial charge in [-0.15, -0.1) is 0 Å². The van der Waals surface area contributed by atoms with Gasteiger partial charge >= 0.3 is 0 Å². The molecule has 5 nitrogen and oxygen atoms in total. The van der Waals surface area contributed by atoms with Crippen LogP contribution in [0.4, 0.5) is 4.39 Å². The van der Waals surface area contributed by atoms with Crippen LogP contribution in [0.25, 0.3) is 0 Å². The van der Waals surface area contributed by atoms with Crippen LogP contribution in [-0.2, 0) is 19.5 Å². The second kappa shape index (κ2) is 8.01. The normalized spacial score (nSPS) is 17.7. The Labute approximate surface area is 131 Å². The van der Waals surface area contributed by atoms with Gasteiger partial charge in [0.1, 0.15) is 5.82 Å². The molecular formula is C15H22FNO4S. The minimum Gasteiger partial charge on any atom is -0.382 e. The average molecular weight is 331 g/mol. The molecular weight excluding hydrogens is 309 g/mol. The molecule has 22 heavy (non-hydrogen) atoms. The molecule has 7 heteroatoms. The van der Waals surface area contributed by atoms with Crippen LogP contribution in [0.2, 0.25) is 0 Å². The summed E-state index contributed by atoms with van der Waals surface area (Å²) in [5.74, 6) is -0.182. The fraction of sp³-hybridized carbons (Fsp3) is 0.600. The van der Waals surface area contributed by atoms with Crippen LogP contribution in [0.5, 0.6) is 0 Å². The molecule has 1 aliphatic heterocycles. The SMILES string of the molecule is COCCOCC1CCN(S(=O)(=O)c2cccc(F)c2)CC1. The van der Waals surface area contributed by atoms with Gasteiger partial charge in [-0.3, -0.25) is 0 Å². The van der Waals surface area contributed by atoms with Crippen molar-refractivity contribution < 1.29 is 22.3 Å². The minimum absolute atomic E-state index is 0.0160. The van der Waals surface area contributed by atoms with Crippen LogP contribution < -0.4 is 0 Å². The summed E-state index contributed by atoms with van der Waals surface area (Å²) >= 11 is 0.